The second kappa shape index (κ2) is 8.38. The lowest BCUT2D eigenvalue weighted by Crippen LogP contribution is -2.39. The molecule has 8 nitrogen and oxygen atoms in total. The van der Waals surface area contributed by atoms with Crippen LogP contribution in [0.5, 0.6) is 0 Å². The highest BCUT2D eigenvalue weighted by Gasteiger charge is 2.34. The van der Waals surface area contributed by atoms with Crippen LogP contribution in [0, 0.1) is 11.6 Å². The molecule has 4 rings (SSSR count). The highest BCUT2D eigenvalue weighted by molar-refractivity contribution is 7.89. The molecule has 0 spiro atoms. The monoisotopic (exact) mass is 439 g/mol. The molecular weight excluding hydrogens is 416 g/mol. The lowest BCUT2D eigenvalue weighted by atomic mass is 10.1. The summed E-state index contributed by atoms with van der Waals surface area (Å²) in [4.78, 5) is 13.4. The van der Waals surface area contributed by atoms with Gasteiger partial charge in [0.25, 0.3) is 5.91 Å². The summed E-state index contributed by atoms with van der Waals surface area (Å²) < 4.78 is 56.0. The minimum Gasteiger partial charge on any atom is -0.337 e. The summed E-state index contributed by atoms with van der Waals surface area (Å²) >= 11 is 0. The number of rotatable bonds is 4. The van der Waals surface area contributed by atoms with E-state index in [4.69, 9.17) is 0 Å². The van der Waals surface area contributed by atoms with Crippen molar-refractivity contribution < 1.29 is 22.0 Å². The summed E-state index contributed by atoms with van der Waals surface area (Å²) in [6.07, 6.45) is 5.48. The Hall–Kier alpha value is -2.40. The Balaban J connectivity index is 1.43. The van der Waals surface area contributed by atoms with Crippen LogP contribution in [-0.2, 0) is 10.0 Å². The van der Waals surface area contributed by atoms with Crippen LogP contribution in [-0.4, -0.2) is 64.7 Å². The first-order chi connectivity index (χ1) is 14.4. The van der Waals surface area contributed by atoms with Gasteiger partial charge in [0.05, 0.1) is 12.2 Å². The number of likely N-dealkylation sites (tertiary alicyclic amines) is 1. The first-order valence-electron chi connectivity index (χ1n) is 10.0. The molecule has 0 atom stereocenters. The number of amides is 1. The molecule has 0 saturated carbocycles. The molecule has 11 heteroatoms. The Morgan fingerprint density at radius 3 is 2.27 bits per heavy atom. The van der Waals surface area contributed by atoms with Gasteiger partial charge in [-0.2, -0.15) is 4.31 Å². The number of carbonyl (C=O) groups is 1. The average molecular weight is 439 g/mol. The average Bonchev–Trinajstić information content (AvgIpc) is 3.24. The topological polar surface area (TPSA) is 88.4 Å². The second-order valence-corrected chi connectivity index (χ2v) is 9.50. The van der Waals surface area contributed by atoms with Crippen LogP contribution in [0.2, 0.25) is 0 Å². The van der Waals surface area contributed by atoms with Crippen LogP contribution >= 0.6 is 0 Å². The molecule has 162 valence electrons. The van der Waals surface area contributed by atoms with Crippen molar-refractivity contribution in [3.63, 3.8) is 0 Å². The van der Waals surface area contributed by atoms with E-state index in [1.54, 1.807) is 15.8 Å². The Morgan fingerprint density at radius 2 is 1.63 bits per heavy atom. The maximum Gasteiger partial charge on any atom is 0.276 e. The fraction of sp³-hybridized carbons (Fsp3) is 0.526. The highest BCUT2D eigenvalue weighted by atomic mass is 32.2. The second-order valence-electron chi connectivity index (χ2n) is 7.62. The number of halogens is 2. The minimum atomic E-state index is -4.27. The van der Waals surface area contributed by atoms with Crippen LogP contribution in [0.1, 0.15) is 48.6 Å². The van der Waals surface area contributed by atoms with Crippen molar-refractivity contribution in [1.29, 1.82) is 0 Å². The lowest BCUT2D eigenvalue weighted by Gasteiger charge is -2.31. The molecule has 0 unspecified atom stereocenters. The molecule has 2 saturated heterocycles. The van der Waals surface area contributed by atoms with E-state index in [1.807, 2.05) is 0 Å². The van der Waals surface area contributed by atoms with Gasteiger partial charge in [0.15, 0.2) is 10.6 Å². The number of sulfonamides is 1. The number of hydrogen-bond donors (Lipinski definition) is 0. The van der Waals surface area contributed by atoms with E-state index in [0.29, 0.717) is 25.9 Å². The van der Waals surface area contributed by atoms with Crippen LogP contribution in [0.15, 0.2) is 29.3 Å². The van der Waals surface area contributed by atoms with Gasteiger partial charge in [-0.05, 0) is 44.2 Å². The third-order valence-corrected chi connectivity index (χ3v) is 7.64. The quantitative estimate of drug-likeness (QED) is 0.729. The van der Waals surface area contributed by atoms with Gasteiger partial charge in [0.2, 0.25) is 10.0 Å². The van der Waals surface area contributed by atoms with Crippen molar-refractivity contribution in [2.75, 3.05) is 26.2 Å². The van der Waals surface area contributed by atoms with Crippen LogP contribution in [0.25, 0.3) is 0 Å². The molecule has 3 heterocycles. The SMILES string of the molecule is O=C(c1cn(C2CCN(S(=O)(=O)c3c(F)cccc3F)CC2)nn1)N1CCCCC1. The first-order valence-corrected chi connectivity index (χ1v) is 11.5. The van der Waals surface area contributed by atoms with Gasteiger partial charge in [0, 0.05) is 26.2 Å². The van der Waals surface area contributed by atoms with Gasteiger partial charge >= 0.3 is 0 Å². The Morgan fingerprint density at radius 1 is 1.00 bits per heavy atom. The van der Waals surface area contributed by atoms with E-state index in [-0.39, 0.29) is 30.7 Å². The lowest BCUT2D eigenvalue weighted by molar-refractivity contribution is 0.0718. The normalized spacial score (nSPS) is 19.2. The number of carbonyl (C=O) groups excluding carboxylic acids is 1. The number of benzene rings is 1. The number of piperidine rings is 2. The maximum atomic E-state index is 14.0. The number of hydrogen-bond acceptors (Lipinski definition) is 5. The summed E-state index contributed by atoms with van der Waals surface area (Å²) in [6.45, 7) is 1.62. The molecule has 1 aromatic heterocycles. The molecule has 2 fully saturated rings. The van der Waals surface area contributed by atoms with Gasteiger partial charge in [-0.25, -0.2) is 21.9 Å². The van der Waals surface area contributed by atoms with Gasteiger partial charge in [-0.15, -0.1) is 5.10 Å². The van der Waals surface area contributed by atoms with E-state index in [0.717, 1.165) is 41.8 Å². The first kappa shape index (κ1) is 20.9. The molecule has 1 aromatic carbocycles. The van der Waals surface area contributed by atoms with Crippen molar-refractivity contribution in [1.82, 2.24) is 24.2 Å². The molecular formula is C19H23F2N5O3S. The largest absolute Gasteiger partial charge is 0.337 e. The van der Waals surface area contributed by atoms with Crippen LogP contribution < -0.4 is 0 Å². The Kier molecular flexibility index (Phi) is 5.83. The van der Waals surface area contributed by atoms with Crippen molar-refractivity contribution in [3.05, 3.63) is 41.7 Å². The summed E-state index contributed by atoms with van der Waals surface area (Å²) in [5.74, 6) is -2.35. The van der Waals surface area contributed by atoms with Crippen LogP contribution in [0.4, 0.5) is 8.78 Å². The van der Waals surface area contributed by atoms with Crippen molar-refractivity contribution in [2.45, 2.75) is 43.0 Å². The fourth-order valence-corrected chi connectivity index (χ4v) is 5.60. The zero-order valence-electron chi connectivity index (χ0n) is 16.4. The zero-order chi connectivity index (χ0) is 21.3. The minimum absolute atomic E-state index is 0.0933. The molecule has 2 aromatic rings. The van der Waals surface area contributed by atoms with Gasteiger partial charge < -0.3 is 4.90 Å². The van der Waals surface area contributed by atoms with Gasteiger partial charge in [-0.1, -0.05) is 11.3 Å². The predicted octanol–water partition coefficient (Wildman–Crippen LogP) is 2.21. The van der Waals surface area contributed by atoms with E-state index in [9.17, 15) is 22.0 Å². The molecule has 0 bridgehead atoms. The third-order valence-electron chi connectivity index (χ3n) is 5.69. The Bertz CT molecular complexity index is 1010. The van der Waals surface area contributed by atoms with Crippen molar-refractivity contribution in [2.24, 2.45) is 0 Å². The number of nitrogens with zero attached hydrogens (tertiary/aromatic N) is 5. The van der Waals surface area contributed by atoms with Crippen LogP contribution in [0.3, 0.4) is 0 Å². The summed E-state index contributed by atoms with van der Waals surface area (Å²) in [5.41, 5.74) is 0.278. The third kappa shape index (κ3) is 3.95. The van der Waals surface area contributed by atoms with E-state index in [2.05, 4.69) is 10.3 Å². The summed E-state index contributed by atoms with van der Waals surface area (Å²) in [7, 11) is -4.27. The number of aromatic nitrogens is 3. The predicted molar refractivity (Wildman–Crippen MR) is 103 cm³/mol. The zero-order valence-corrected chi connectivity index (χ0v) is 17.2. The highest BCUT2D eigenvalue weighted by Crippen LogP contribution is 2.29. The van der Waals surface area contributed by atoms with E-state index >= 15 is 0 Å². The molecule has 0 N–H and O–H groups in total. The summed E-state index contributed by atoms with van der Waals surface area (Å²) in [6, 6.07) is 2.85. The Labute approximate surface area is 173 Å². The molecule has 2 aliphatic heterocycles. The van der Waals surface area contributed by atoms with Crippen molar-refractivity contribution in [3.8, 4) is 0 Å². The fourth-order valence-electron chi connectivity index (χ4n) is 4.02. The standard InChI is InChI=1S/C19H23F2N5O3S/c20-15-5-4-6-16(21)18(15)30(28,29)25-11-7-14(8-12-25)26-13-17(22-23-26)19(27)24-9-2-1-3-10-24/h4-6,13-14H,1-3,7-12H2. The van der Waals surface area contributed by atoms with Gasteiger partial charge in [0.1, 0.15) is 11.6 Å². The molecule has 1 amide bonds. The van der Waals surface area contributed by atoms with E-state index in [1.165, 1.54) is 0 Å². The van der Waals surface area contributed by atoms with Gasteiger partial charge in [-0.3, -0.25) is 4.79 Å². The smallest absolute Gasteiger partial charge is 0.276 e. The molecule has 30 heavy (non-hydrogen) atoms. The van der Waals surface area contributed by atoms with Crippen molar-refractivity contribution >= 4 is 15.9 Å². The maximum absolute atomic E-state index is 14.0. The molecule has 0 aliphatic carbocycles. The molecule has 2 aliphatic rings. The van der Waals surface area contributed by atoms with E-state index < -0.39 is 26.6 Å². The molecule has 0 radical (unpaired) electrons. The summed E-state index contributed by atoms with van der Waals surface area (Å²) in [5, 5.41) is 8.06.